The van der Waals surface area contributed by atoms with Gasteiger partial charge in [0.1, 0.15) is 11.0 Å². The topological polar surface area (TPSA) is 84.0 Å². The van der Waals surface area contributed by atoms with Crippen molar-refractivity contribution in [3.8, 4) is 10.6 Å². The lowest BCUT2D eigenvalue weighted by molar-refractivity contribution is -0.132. The number of amides is 2. The van der Waals surface area contributed by atoms with Crippen molar-refractivity contribution in [2.24, 2.45) is 11.3 Å². The largest absolute Gasteiger partial charge is 0.344 e. The smallest absolute Gasteiger partial charge is 0.249 e. The van der Waals surface area contributed by atoms with Crippen LogP contribution < -0.4 is 10.6 Å². The van der Waals surface area contributed by atoms with Crippen LogP contribution in [0.4, 0.5) is 5.13 Å². The first-order chi connectivity index (χ1) is 12.6. The van der Waals surface area contributed by atoms with Gasteiger partial charge in [-0.25, -0.2) is 0 Å². The first kappa shape index (κ1) is 21.0. The van der Waals surface area contributed by atoms with Crippen molar-refractivity contribution < 1.29 is 9.59 Å². The van der Waals surface area contributed by atoms with Crippen LogP contribution in [0.15, 0.2) is 24.3 Å². The van der Waals surface area contributed by atoms with Crippen LogP contribution in [0.1, 0.15) is 46.6 Å². The predicted molar refractivity (Wildman–Crippen MR) is 110 cm³/mol. The first-order valence-corrected chi connectivity index (χ1v) is 9.95. The zero-order chi connectivity index (χ0) is 20.2. The minimum atomic E-state index is -0.617. The number of rotatable bonds is 6. The van der Waals surface area contributed by atoms with Crippen molar-refractivity contribution in [3.63, 3.8) is 0 Å². The second-order valence-corrected chi connectivity index (χ2v) is 8.83. The molecule has 1 aromatic heterocycles. The van der Waals surface area contributed by atoms with E-state index in [2.05, 4.69) is 20.8 Å². The molecule has 0 radical (unpaired) electrons. The van der Waals surface area contributed by atoms with E-state index < -0.39 is 11.5 Å². The molecule has 0 saturated heterocycles. The normalized spacial score (nSPS) is 13.7. The lowest BCUT2D eigenvalue weighted by atomic mass is 9.92. The highest BCUT2D eigenvalue weighted by Gasteiger charge is 2.31. The van der Waals surface area contributed by atoms with Gasteiger partial charge in [-0.2, -0.15) is 0 Å². The molecule has 1 heterocycles. The van der Waals surface area contributed by atoms with E-state index in [0.717, 1.165) is 17.0 Å². The number of hydrogen-bond donors (Lipinski definition) is 2. The molecule has 2 atom stereocenters. The van der Waals surface area contributed by atoms with Crippen LogP contribution in [0.25, 0.3) is 10.6 Å². The summed E-state index contributed by atoms with van der Waals surface area (Å²) < 4.78 is 0. The zero-order valence-electron chi connectivity index (χ0n) is 16.8. The van der Waals surface area contributed by atoms with Crippen molar-refractivity contribution in [1.82, 2.24) is 15.5 Å². The molecule has 146 valence electrons. The minimum Gasteiger partial charge on any atom is -0.344 e. The number of hydrogen-bond acceptors (Lipinski definition) is 5. The molecule has 2 amide bonds. The summed E-state index contributed by atoms with van der Waals surface area (Å²) in [7, 11) is 0. The molecule has 2 aromatic rings. The Morgan fingerprint density at radius 1 is 1.15 bits per heavy atom. The van der Waals surface area contributed by atoms with E-state index in [4.69, 9.17) is 0 Å². The Hall–Kier alpha value is -2.28. The van der Waals surface area contributed by atoms with Gasteiger partial charge in [0.25, 0.3) is 0 Å². The van der Waals surface area contributed by atoms with E-state index in [0.29, 0.717) is 5.13 Å². The Morgan fingerprint density at radius 3 is 2.33 bits per heavy atom. The van der Waals surface area contributed by atoms with E-state index in [9.17, 15) is 9.59 Å². The molecule has 6 nitrogen and oxygen atoms in total. The third-order valence-electron chi connectivity index (χ3n) is 4.42. The van der Waals surface area contributed by atoms with Gasteiger partial charge in [0.2, 0.25) is 16.9 Å². The van der Waals surface area contributed by atoms with Crippen LogP contribution in [0.2, 0.25) is 0 Å². The summed E-state index contributed by atoms with van der Waals surface area (Å²) in [5, 5.41) is 15.1. The van der Waals surface area contributed by atoms with Crippen LogP contribution in [0.3, 0.4) is 0 Å². The van der Waals surface area contributed by atoms with E-state index >= 15 is 0 Å². The Morgan fingerprint density at radius 2 is 1.78 bits per heavy atom. The molecule has 0 bridgehead atoms. The fourth-order valence-corrected chi connectivity index (χ4v) is 3.08. The van der Waals surface area contributed by atoms with Crippen LogP contribution in [0, 0.1) is 18.3 Å². The van der Waals surface area contributed by atoms with Gasteiger partial charge in [-0.1, -0.05) is 82.2 Å². The number of carbonyl (C=O) groups is 2. The lowest BCUT2D eigenvalue weighted by Crippen LogP contribution is -2.50. The van der Waals surface area contributed by atoms with Crippen molar-refractivity contribution in [2.45, 2.75) is 54.0 Å². The van der Waals surface area contributed by atoms with Crippen molar-refractivity contribution >= 4 is 28.3 Å². The molecule has 2 N–H and O–H groups in total. The molecule has 2 rings (SSSR count). The molecule has 27 heavy (non-hydrogen) atoms. The minimum absolute atomic E-state index is 0.000732. The molecule has 7 heteroatoms. The standard InChI is InChI=1S/C20H28N4O2S/c1-7-13(3)15(21-18(26)20(4,5)6)16(25)22-19-24-23-17(27-19)14-10-8-12(2)9-11-14/h8-11,13,15H,7H2,1-6H3,(H,21,26)(H,22,24,25). The highest BCUT2D eigenvalue weighted by Crippen LogP contribution is 2.27. The van der Waals surface area contributed by atoms with Gasteiger partial charge in [0.05, 0.1) is 0 Å². The summed E-state index contributed by atoms with van der Waals surface area (Å²) in [5.41, 5.74) is 1.56. The zero-order valence-corrected chi connectivity index (χ0v) is 17.6. The van der Waals surface area contributed by atoms with Crippen molar-refractivity contribution in [3.05, 3.63) is 29.8 Å². The van der Waals surface area contributed by atoms with Gasteiger partial charge in [0, 0.05) is 11.0 Å². The summed E-state index contributed by atoms with van der Waals surface area (Å²) in [5.74, 6) is -0.421. The highest BCUT2D eigenvalue weighted by molar-refractivity contribution is 7.18. The predicted octanol–water partition coefficient (Wildman–Crippen LogP) is 4.03. The summed E-state index contributed by atoms with van der Waals surface area (Å²) in [4.78, 5) is 25.1. The number of benzene rings is 1. The number of aryl methyl sites for hydroxylation is 1. The Bertz CT molecular complexity index is 793. The number of carbonyl (C=O) groups excluding carboxylic acids is 2. The second-order valence-electron chi connectivity index (χ2n) is 7.85. The van der Waals surface area contributed by atoms with Gasteiger partial charge in [-0.15, -0.1) is 10.2 Å². The Balaban J connectivity index is 2.13. The molecule has 0 fully saturated rings. The molecule has 0 spiro atoms. The van der Waals surface area contributed by atoms with Gasteiger partial charge in [0.15, 0.2) is 0 Å². The molecule has 0 aliphatic heterocycles. The van der Waals surface area contributed by atoms with Crippen LogP contribution in [0.5, 0.6) is 0 Å². The van der Waals surface area contributed by atoms with Crippen molar-refractivity contribution in [1.29, 1.82) is 0 Å². The van der Waals surface area contributed by atoms with E-state index in [-0.39, 0.29) is 17.7 Å². The SMILES string of the molecule is CCC(C)C(NC(=O)C(C)(C)C)C(=O)Nc1nnc(-c2ccc(C)cc2)s1. The Labute approximate surface area is 164 Å². The number of anilines is 1. The van der Waals surface area contributed by atoms with Gasteiger partial charge in [-0.3, -0.25) is 14.9 Å². The highest BCUT2D eigenvalue weighted by atomic mass is 32.1. The third kappa shape index (κ3) is 5.60. The van der Waals surface area contributed by atoms with Crippen LogP contribution in [-0.2, 0) is 9.59 Å². The van der Waals surface area contributed by atoms with E-state index in [1.54, 1.807) is 0 Å². The average Bonchev–Trinajstić information content (AvgIpc) is 3.06. The fraction of sp³-hybridized carbons (Fsp3) is 0.500. The molecule has 2 unspecified atom stereocenters. The fourth-order valence-electron chi connectivity index (χ4n) is 2.33. The molecular formula is C20H28N4O2S. The van der Waals surface area contributed by atoms with Crippen molar-refractivity contribution in [2.75, 3.05) is 5.32 Å². The van der Waals surface area contributed by atoms with E-state index in [1.165, 1.54) is 16.9 Å². The van der Waals surface area contributed by atoms with Gasteiger partial charge < -0.3 is 5.32 Å². The van der Waals surface area contributed by atoms with E-state index in [1.807, 2.05) is 65.8 Å². The Kier molecular flexibility index (Phi) is 6.70. The third-order valence-corrected chi connectivity index (χ3v) is 5.30. The first-order valence-electron chi connectivity index (χ1n) is 9.14. The monoisotopic (exact) mass is 388 g/mol. The average molecular weight is 389 g/mol. The maximum atomic E-state index is 12.8. The maximum Gasteiger partial charge on any atom is 0.249 e. The quantitative estimate of drug-likeness (QED) is 0.782. The van der Waals surface area contributed by atoms with Gasteiger partial charge in [-0.05, 0) is 12.8 Å². The summed E-state index contributed by atoms with van der Waals surface area (Å²) >= 11 is 1.31. The lowest BCUT2D eigenvalue weighted by Gasteiger charge is -2.27. The molecule has 1 aromatic carbocycles. The van der Waals surface area contributed by atoms with Crippen LogP contribution >= 0.6 is 11.3 Å². The molecule has 0 aliphatic rings. The molecule has 0 aliphatic carbocycles. The number of aromatic nitrogens is 2. The van der Waals surface area contributed by atoms with Gasteiger partial charge >= 0.3 is 0 Å². The molecular weight excluding hydrogens is 360 g/mol. The maximum absolute atomic E-state index is 12.8. The number of nitrogens with zero attached hydrogens (tertiary/aromatic N) is 2. The summed E-state index contributed by atoms with van der Waals surface area (Å²) in [6.07, 6.45) is 0.771. The van der Waals surface area contributed by atoms with Crippen LogP contribution in [-0.4, -0.2) is 28.1 Å². The molecule has 0 saturated carbocycles. The summed E-state index contributed by atoms with van der Waals surface area (Å²) in [6.45, 7) is 11.4. The second kappa shape index (κ2) is 8.61. The number of nitrogens with one attached hydrogen (secondary N) is 2. The summed E-state index contributed by atoms with van der Waals surface area (Å²) in [6, 6.07) is 7.36.